The second-order valence-electron chi connectivity index (χ2n) is 2.48. The van der Waals surface area contributed by atoms with E-state index in [0.29, 0.717) is 0 Å². The summed E-state index contributed by atoms with van der Waals surface area (Å²) in [6.07, 6.45) is 0.933. The minimum Gasteiger partial charge on any atom is -0.465 e. The van der Waals surface area contributed by atoms with Crippen molar-refractivity contribution < 1.29 is 14.6 Å². The number of methoxy groups -OCH3 is 1. The van der Waals surface area contributed by atoms with Crippen LogP contribution < -0.4 is 5.32 Å². The third kappa shape index (κ3) is 1.60. The maximum Gasteiger partial charge on any atom is 0.404 e. The first kappa shape index (κ1) is 7.34. The lowest BCUT2D eigenvalue weighted by Crippen LogP contribution is -2.46. The Kier molecular flexibility index (Phi) is 2.11. The molecule has 10 heavy (non-hydrogen) atoms. The van der Waals surface area contributed by atoms with Gasteiger partial charge in [0.1, 0.15) is 0 Å². The maximum absolute atomic E-state index is 10.0. The number of ether oxygens (including phenoxy) is 1. The van der Waals surface area contributed by atoms with Crippen molar-refractivity contribution in [2.24, 2.45) is 0 Å². The highest BCUT2D eigenvalue weighted by Crippen LogP contribution is 2.21. The molecule has 4 nitrogen and oxygen atoms in total. The number of carboxylic acid groups (broad SMARTS) is 1. The molecule has 58 valence electrons. The second-order valence-corrected chi connectivity index (χ2v) is 2.48. The third-order valence-corrected chi connectivity index (χ3v) is 1.76. The Labute approximate surface area is 59.2 Å². The van der Waals surface area contributed by atoms with Crippen molar-refractivity contribution in [3.05, 3.63) is 0 Å². The lowest BCUT2D eigenvalue weighted by Gasteiger charge is -2.33. The number of carbonyl (C=O) groups is 1. The largest absolute Gasteiger partial charge is 0.465 e. The van der Waals surface area contributed by atoms with Crippen LogP contribution >= 0.6 is 0 Å². The van der Waals surface area contributed by atoms with Gasteiger partial charge >= 0.3 is 6.09 Å². The SMILES string of the molecule is COC1CC(NC(=O)O)C1. The van der Waals surface area contributed by atoms with E-state index >= 15 is 0 Å². The van der Waals surface area contributed by atoms with E-state index in [-0.39, 0.29) is 12.1 Å². The summed E-state index contributed by atoms with van der Waals surface area (Å²) in [4.78, 5) is 10.0. The van der Waals surface area contributed by atoms with Gasteiger partial charge in [-0.1, -0.05) is 0 Å². The summed E-state index contributed by atoms with van der Waals surface area (Å²) >= 11 is 0. The summed E-state index contributed by atoms with van der Waals surface area (Å²) in [6, 6.07) is 0.113. The van der Waals surface area contributed by atoms with E-state index < -0.39 is 6.09 Å². The number of hydrogen-bond acceptors (Lipinski definition) is 2. The van der Waals surface area contributed by atoms with E-state index in [4.69, 9.17) is 9.84 Å². The topological polar surface area (TPSA) is 58.6 Å². The monoisotopic (exact) mass is 145 g/mol. The van der Waals surface area contributed by atoms with E-state index in [2.05, 4.69) is 5.32 Å². The van der Waals surface area contributed by atoms with Gasteiger partial charge in [-0.15, -0.1) is 0 Å². The predicted octanol–water partition coefficient (Wildman–Crippen LogP) is 0.431. The molecule has 1 aliphatic carbocycles. The molecular formula is C6H11NO3. The zero-order chi connectivity index (χ0) is 7.56. The Bertz CT molecular complexity index is 131. The molecule has 0 aromatic carbocycles. The minimum atomic E-state index is -0.945. The van der Waals surface area contributed by atoms with Crippen molar-refractivity contribution >= 4 is 6.09 Å². The van der Waals surface area contributed by atoms with Crippen LogP contribution in [0.25, 0.3) is 0 Å². The van der Waals surface area contributed by atoms with Crippen LogP contribution in [-0.4, -0.2) is 30.5 Å². The van der Waals surface area contributed by atoms with Gasteiger partial charge in [0.2, 0.25) is 0 Å². The summed E-state index contributed by atoms with van der Waals surface area (Å²) in [5, 5.41) is 10.6. The number of hydrogen-bond donors (Lipinski definition) is 2. The van der Waals surface area contributed by atoms with E-state index in [9.17, 15) is 4.79 Å². The molecule has 0 spiro atoms. The predicted molar refractivity (Wildman–Crippen MR) is 35.0 cm³/mol. The van der Waals surface area contributed by atoms with E-state index in [1.54, 1.807) is 7.11 Å². The van der Waals surface area contributed by atoms with Gasteiger partial charge in [0.25, 0.3) is 0 Å². The fourth-order valence-electron chi connectivity index (χ4n) is 1.05. The number of rotatable bonds is 2. The quantitative estimate of drug-likeness (QED) is 0.592. The minimum absolute atomic E-state index is 0.113. The molecule has 1 saturated carbocycles. The molecule has 0 atom stereocenters. The molecule has 1 fully saturated rings. The molecule has 1 amide bonds. The van der Waals surface area contributed by atoms with Crippen LogP contribution in [0.1, 0.15) is 12.8 Å². The van der Waals surface area contributed by atoms with E-state index in [0.717, 1.165) is 12.8 Å². The highest BCUT2D eigenvalue weighted by atomic mass is 16.5. The highest BCUT2D eigenvalue weighted by Gasteiger charge is 2.29. The van der Waals surface area contributed by atoms with Gasteiger partial charge in [-0.3, -0.25) is 0 Å². The summed E-state index contributed by atoms with van der Waals surface area (Å²) in [5.41, 5.74) is 0. The van der Waals surface area contributed by atoms with Gasteiger partial charge in [0, 0.05) is 13.2 Å². The molecular weight excluding hydrogens is 134 g/mol. The normalized spacial score (nSPS) is 30.9. The standard InChI is InChI=1S/C6H11NO3/c1-10-5-2-4(3-5)7-6(8)9/h4-5,7H,2-3H2,1H3,(H,8,9). The van der Waals surface area contributed by atoms with Crippen LogP contribution in [0.15, 0.2) is 0 Å². The molecule has 0 heterocycles. The molecule has 0 saturated heterocycles. The molecule has 0 aromatic rings. The van der Waals surface area contributed by atoms with Crippen LogP contribution in [0.5, 0.6) is 0 Å². The molecule has 0 aromatic heterocycles. The Morgan fingerprint density at radius 1 is 1.70 bits per heavy atom. The van der Waals surface area contributed by atoms with Crippen molar-refractivity contribution in [3.8, 4) is 0 Å². The smallest absolute Gasteiger partial charge is 0.404 e. The summed E-state index contributed by atoms with van der Waals surface area (Å²) in [5.74, 6) is 0. The molecule has 0 bridgehead atoms. The number of amides is 1. The molecule has 0 unspecified atom stereocenters. The lowest BCUT2D eigenvalue weighted by atomic mass is 9.89. The lowest BCUT2D eigenvalue weighted by molar-refractivity contribution is 0.0185. The summed E-state index contributed by atoms with van der Waals surface area (Å²) in [6.45, 7) is 0. The first-order valence-corrected chi connectivity index (χ1v) is 3.24. The van der Waals surface area contributed by atoms with Crippen molar-refractivity contribution in [2.75, 3.05) is 7.11 Å². The summed E-state index contributed by atoms with van der Waals surface area (Å²) < 4.78 is 4.97. The van der Waals surface area contributed by atoms with E-state index in [1.807, 2.05) is 0 Å². The van der Waals surface area contributed by atoms with Crippen molar-refractivity contribution in [2.45, 2.75) is 25.0 Å². The molecule has 0 aliphatic heterocycles. The fraction of sp³-hybridized carbons (Fsp3) is 0.833. The van der Waals surface area contributed by atoms with Gasteiger partial charge in [-0.25, -0.2) is 4.79 Å². The van der Waals surface area contributed by atoms with Gasteiger partial charge in [0.05, 0.1) is 6.10 Å². The first-order chi connectivity index (χ1) is 4.72. The molecule has 4 heteroatoms. The van der Waals surface area contributed by atoms with Gasteiger partial charge < -0.3 is 15.2 Å². The highest BCUT2D eigenvalue weighted by molar-refractivity contribution is 5.65. The van der Waals surface area contributed by atoms with Crippen molar-refractivity contribution in [1.29, 1.82) is 0 Å². The van der Waals surface area contributed by atoms with Crippen LogP contribution in [0.2, 0.25) is 0 Å². The molecule has 1 rings (SSSR count). The Balaban J connectivity index is 2.08. The van der Waals surface area contributed by atoms with Gasteiger partial charge in [-0.05, 0) is 12.8 Å². The van der Waals surface area contributed by atoms with E-state index in [1.165, 1.54) is 0 Å². The first-order valence-electron chi connectivity index (χ1n) is 3.24. The van der Waals surface area contributed by atoms with Crippen LogP contribution in [0.3, 0.4) is 0 Å². The van der Waals surface area contributed by atoms with Crippen molar-refractivity contribution in [3.63, 3.8) is 0 Å². The Morgan fingerprint density at radius 3 is 2.70 bits per heavy atom. The zero-order valence-corrected chi connectivity index (χ0v) is 5.83. The Morgan fingerprint density at radius 2 is 2.30 bits per heavy atom. The molecule has 2 N–H and O–H groups in total. The molecule has 0 radical (unpaired) electrons. The average Bonchev–Trinajstić information content (AvgIpc) is 1.76. The maximum atomic E-state index is 10.0. The third-order valence-electron chi connectivity index (χ3n) is 1.76. The van der Waals surface area contributed by atoms with Crippen LogP contribution in [0.4, 0.5) is 4.79 Å². The average molecular weight is 145 g/mol. The van der Waals surface area contributed by atoms with Crippen LogP contribution in [0, 0.1) is 0 Å². The fourth-order valence-corrected chi connectivity index (χ4v) is 1.05. The second kappa shape index (κ2) is 2.88. The van der Waals surface area contributed by atoms with Gasteiger partial charge in [-0.2, -0.15) is 0 Å². The van der Waals surface area contributed by atoms with Crippen molar-refractivity contribution in [1.82, 2.24) is 5.32 Å². The number of nitrogens with one attached hydrogen (secondary N) is 1. The summed E-state index contributed by atoms with van der Waals surface area (Å²) in [7, 11) is 1.64. The zero-order valence-electron chi connectivity index (χ0n) is 5.83. The van der Waals surface area contributed by atoms with Gasteiger partial charge in [0.15, 0.2) is 0 Å². The van der Waals surface area contributed by atoms with Crippen LogP contribution in [-0.2, 0) is 4.74 Å². The molecule has 1 aliphatic rings. The Hall–Kier alpha value is -0.770.